The Morgan fingerprint density at radius 3 is 2.10 bits per heavy atom. The summed E-state index contributed by atoms with van der Waals surface area (Å²) in [6, 6.07) is 8.49. The molecular formula is C23H34N3O3S+. The molecule has 1 aromatic carbocycles. The van der Waals surface area contributed by atoms with Gasteiger partial charge in [0, 0.05) is 5.54 Å². The highest BCUT2D eigenvalue weighted by Gasteiger charge is 2.52. The number of sulfonamides is 1. The van der Waals surface area contributed by atoms with Crippen molar-refractivity contribution in [3.05, 3.63) is 30.3 Å². The Bertz CT molecular complexity index is 858. The Morgan fingerprint density at radius 2 is 1.57 bits per heavy atom. The molecule has 0 aromatic heterocycles. The second-order valence-corrected chi connectivity index (χ2v) is 12.2. The molecule has 1 heterocycles. The molecule has 5 fully saturated rings. The number of hydrogen-bond acceptors (Lipinski definition) is 3. The SMILES string of the molecule is C[C@H](C(=O)NC12CC3CC(CC(C3)C1)C2)[NH+]1CCN(S(=O)(=O)c2ccccc2)CC1. The summed E-state index contributed by atoms with van der Waals surface area (Å²) in [4.78, 5) is 14.7. The maximum Gasteiger partial charge on any atom is 0.278 e. The summed E-state index contributed by atoms with van der Waals surface area (Å²) < 4.78 is 27.3. The van der Waals surface area contributed by atoms with Crippen LogP contribution in [-0.2, 0) is 14.8 Å². The van der Waals surface area contributed by atoms with Crippen LogP contribution in [0.4, 0.5) is 0 Å². The lowest BCUT2D eigenvalue weighted by atomic mass is 9.53. The summed E-state index contributed by atoms with van der Waals surface area (Å²) in [7, 11) is -3.45. The molecule has 0 spiro atoms. The van der Waals surface area contributed by atoms with Crippen molar-refractivity contribution in [1.29, 1.82) is 0 Å². The standard InChI is InChI=1S/C23H33N3O3S/c1-17(22(27)24-23-14-18-11-19(15-23)13-20(12-18)16-23)25-7-9-26(10-8-25)30(28,29)21-5-3-2-4-6-21/h2-6,17-20H,7-16H2,1H3,(H,24,27)/p+1/t17-,18?,19?,20?,23?/m1/s1. The van der Waals surface area contributed by atoms with Crippen molar-refractivity contribution in [3.8, 4) is 0 Å². The number of nitrogens with zero attached hydrogens (tertiary/aromatic N) is 1. The zero-order chi connectivity index (χ0) is 20.9. The molecule has 1 aromatic rings. The first kappa shape index (κ1) is 20.5. The lowest BCUT2D eigenvalue weighted by molar-refractivity contribution is -0.917. The monoisotopic (exact) mass is 432 g/mol. The molecule has 1 amide bonds. The third-order valence-corrected chi connectivity index (χ3v) is 10.1. The molecule has 4 aliphatic carbocycles. The first-order valence-electron chi connectivity index (χ1n) is 11.6. The van der Waals surface area contributed by atoms with E-state index in [1.165, 1.54) is 24.2 Å². The summed E-state index contributed by atoms with van der Waals surface area (Å²) >= 11 is 0. The predicted molar refractivity (Wildman–Crippen MR) is 114 cm³/mol. The molecule has 0 radical (unpaired) electrons. The van der Waals surface area contributed by atoms with Gasteiger partial charge in [0.25, 0.3) is 5.91 Å². The van der Waals surface area contributed by atoms with Gasteiger partial charge in [-0.15, -0.1) is 0 Å². The van der Waals surface area contributed by atoms with E-state index in [1.54, 1.807) is 28.6 Å². The fourth-order valence-electron chi connectivity index (χ4n) is 7.01. The first-order chi connectivity index (χ1) is 14.3. The topological polar surface area (TPSA) is 70.9 Å². The minimum absolute atomic E-state index is 0.0397. The van der Waals surface area contributed by atoms with Gasteiger partial charge >= 0.3 is 0 Å². The molecule has 164 valence electrons. The van der Waals surface area contributed by atoms with Crippen LogP contribution in [-0.4, -0.2) is 56.4 Å². The zero-order valence-corrected chi connectivity index (χ0v) is 18.7. The zero-order valence-electron chi connectivity index (χ0n) is 17.8. The van der Waals surface area contributed by atoms with Crippen LogP contribution in [0.5, 0.6) is 0 Å². The third-order valence-electron chi connectivity index (χ3n) is 8.18. The van der Waals surface area contributed by atoms with E-state index in [-0.39, 0.29) is 17.5 Å². The summed E-state index contributed by atoms with van der Waals surface area (Å²) in [5.41, 5.74) is 0.0397. The molecule has 6 rings (SSSR count). The average Bonchev–Trinajstić information content (AvgIpc) is 2.72. The van der Waals surface area contributed by atoms with Crippen LogP contribution in [0.25, 0.3) is 0 Å². The van der Waals surface area contributed by atoms with E-state index in [0.717, 1.165) is 37.0 Å². The number of amides is 1. The van der Waals surface area contributed by atoms with E-state index in [0.29, 0.717) is 31.1 Å². The molecular weight excluding hydrogens is 398 g/mol. The Hall–Kier alpha value is -1.44. The van der Waals surface area contributed by atoms with Gasteiger partial charge in [-0.25, -0.2) is 8.42 Å². The van der Waals surface area contributed by atoms with Gasteiger partial charge in [-0.05, 0) is 75.3 Å². The van der Waals surface area contributed by atoms with Crippen molar-refractivity contribution in [2.24, 2.45) is 17.8 Å². The fraction of sp³-hybridized carbons (Fsp3) is 0.696. The van der Waals surface area contributed by atoms with Crippen LogP contribution < -0.4 is 10.2 Å². The molecule has 1 atom stereocenters. The summed E-state index contributed by atoms with van der Waals surface area (Å²) in [5.74, 6) is 2.59. The van der Waals surface area contributed by atoms with Crippen molar-refractivity contribution < 1.29 is 18.1 Å². The van der Waals surface area contributed by atoms with Gasteiger partial charge in [0.2, 0.25) is 10.0 Å². The maximum atomic E-state index is 13.2. The van der Waals surface area contributed by atoms with Gasteiger partial charge in [-0.2, -0.15) is 4.31 Å². The molecule has 5 aliphatic rings. The van der Waals surface area contributed by atoms with Gasteiger partial charge < -0.3 is 10.2 Å². The number of nitrogens with one attached hydrogen (secondary N) is 2. The van der Waals surface area contributed by atoms with Gasteiger partial charge in [-0.3, -0.25) is 4.79 Å². The average molecular weight is 433 g/mol. The van der Waals surface area contributed by atoms with Crippen molar-refractivity contribution in [1.82, 2.24) is 9.62 Å². The van der Waals surface area contributed by atoms with E-state index < -0.39 is 10.0 Å². The molecule has 2 N–H and O–H groups in total. The lowest BCUT2D eigenvalue weighted by Crippen LogP contribution is -3.19. The Kier molecular flexibility index (Phi) is 5.19. The lowest BCUT2D eigenvalue weighted by Gasteiger charge is -2.57. The van der Waals surface area contributed by atoms with Crippen molar-refractivity contribution in [2.45, 2.75) is 61.9 Å². The molecule has 6 nitrogen and oxygen atoms in total. The van der Waals surface area contributed by atoms with Gasteiger partial charge in [0.05, 0.1) is 31.1 Å². The van der Waals surface area contributed by atoms with Crippen LogP contribution >= 0.6 is 0 Å². The molecule has 1 aliphatic heterocycles. The second kappa shape index (κ2) is 7.61. The highest BCUT2D eigenvalue weighted by atomic mass is 32.2. The van der Waals surface area contributed by atoms with E-state index in [2.05, 4.69) is 5.32 Å². The second-order valence-electron chi connectivity index (χ2n) is 10.3. The quantitative estimate of drug-likeness (QED) is 0.731. The normalized spacial score (nSPS) is 35.3. The molecule has 1 saturated heterocycles. The smallest absolute Gasteiger partial charge is 0.278 e. The number of piperazine rings is 1. The minimum Gasteiger partial charge on any atom is -0.345 e. The van der Waals surface area contributed by atoms with Gasteiger partial charge in [0.15, 0.2) is 6.04 Å². The van der Waals surface area contributed by atoms with Gasteiger partial charge in [0.1, 0.15) is 0 Å². The Balaban J connectivity index is 1.19. The van der Waals surface area contributed by atoms with Crippen molar-refractivity contribution in [3.63, 3.8) is 0 Å². The molecule has 0 unspecified atom stereocenters. The summed E-state index contributed by atoms with van der Waals surface area (Å²) in [6.07, 6.45) is 7.59. The predicted octanol–water partition coefficient (Wildman–Crippen LogP) is 1.05. The van der Waals surface area contributed by atoms with E-state index in [9.17, 15) is 13.2 Å². The van der Waals surface area contributed by atoms with Crippen molar-refractivity contribution >= 4 is 15.9 Å². The van der Waals surface area contributed by atoms with Gasteiger partial charge in [-0.1, -0.05) is 18.2 Å². The Labute approximate surface area is 180 Å². The highest BCUT2D eigenvalue weighted by molar-refractivity contribution is 7.89. The maximum absolute atomic E-state index is 13.2. The van der Waals surface area contributed by atoms with E-state index >= 15 is 0 Å². The van der Waals surface area contributed by atoms with Crippen LogP contribution in [0.3, 0.4) is 0 Å². The number of rotatable bonds is 5. The number of carbonyl (C=O) groups excluding carboxylic acids is 1. The summed E-state index contributed by atoms with van der Waals surface area (Å²) in [5, 5.41) is 3.50. The Morgan fingerprint density at radius 1 is 1.03 bits per heavy atom. The van der Waals surface area contributed by atoms with Crippen molar-refractivity contribution in [2.75, 3.05) is 26.2 Å². The molecule has 4 bridgehead atoms. The van der Waals surface area contributed by atoms with Crippen LogP contribution in [0, 0.1) is 17.8 Å². The largest absolute Gasteiger partial charge is 0.345 e. The molecule has 4 saturated carbocycles. The number of benzene rings is 1. The first-order valence-corrected chi connectivity index (χ1v) is 13.0. The number of hydrogen-bond donors (Lipinski definition) is 2. The van der Waals surface area contributed by atoms with Crippen LogP contribution in [0.15, 0.2) is 35.2 Å². The highest BCUT2D eigenvalue weighted by Crippen LogP contribution is 2.55. The summed E-state index contributed by atoms with van der Waals surface area (Å²) in [6.45, 7) is 4.26. The molecule has 7 heteroatoms. The number of carbonyl (C=O) groups is 1. The fourth-order valence-corrected chi connectivity index (χ4v) is 8.47. The van der Waals surface area contributed by atoms with Crippen LogP contribution in [0.1, 0.15) is 45.4 Å². The molecule has 30 heavy (non-hydrogen) atoms. The van der Waals surface area contributed by atoms with E-state index in [4.69, 9.17) is 0 Å². The number of quaternary nitrogens is 1. The minimum atomic E-state index is -3.45. The van der Waals surface area contributed by atoms with Crippen LogP contribution in [0.2, 0.25) is 0 Å². The third kappa shape index (κ3) is 3.69. The van der Waals surface area contributed by atoms with E-state index in [1.807, 2.05) is 13.0 Å².